The summed E-state index contributed by atoms with van der Waals surface area (Å²) >= 11 is 0. The number of benzene rings is 1. The monoisotopic (exact) mass is 466 g/mol. The predicted molar refractivity (Wildman–Crippen MR) is 118 cm³/mol. The van der Waals surface area contributed by atoms with Crippen LogP contribution in [0.15, 0.2) is 18.2 Å². The van der Waals surface area contributed by atoms with E-state index in [2.05, 4.69) is 39.3 Å². The molecule has 0 aliphatic heterocycles. The molecule has 1 rings (SSSR count). The summed E-state index contributed by atoms with van der Waals surface area (Å²) in [6, 6.07) is 5.79. The Kier molecular flexibility index (Phi) is 9.13. The standard InChI is InChI=1S/C18H35O8PSi2/c1-23-15-8-9-16(17(14-15)26-27(20,21)22)18(19,24-10-12-28(2,3)4)25-11-13-29(5,6)7/h8-9,14,19H,10-13H2,1-7H3,(H2,20,21,22). The van der Waals surface area contributed by atoms with Crippen LogP contribution in [0.2, 0.25) is 51.4 Å². The van der Waals surface area contributed by atoms with E-state index in [4.69, 9.17) is 18.7 Å². The van der Waals surface area contributed by atoms with Gasteiger partial charge in [-0.25, -0.2) is 4.57 Å². The van der Waals surface area contributed by atoms with Crippen LogP contribution in [0.5, 0.6) is 11.5 Å². The van der Waals surface area contributed by atoms with Crippen molar-refractivity contribution < 1.29 is 38.2 Å². The number of hydrogen-bond acceptors (Lipinski definition) is 6. The molecule has 1 aromatic carbocycles. The molecule has 8 nitrogen and oxygen atoms in total. The predicted octanol–water partition coefficient (Wildman–Crippen LogP) is 3.98. The van der Waals surface area contributed by atoms with Gasteiger partial charge in [0.2, 0.25) is 0 Å². The Morgan fingerprint density at radius 3 is 1.83 bits per heavy atom. The Morgan fingerprint density at radius 2 is 1.45 bits per heavy atom. The molecule has 0 aliphatic rings. The third-order valence-corrected chi connectivity index (χ3v) is 7.89. The second kappa shape index (κ2) is 10.1. The van der Waals surface area contributed by atoms with Crippen LogP contribution in [0.25, 0.3) is 0 Å². The van der Waals surface area contributed by atoms with E-state index in [9.17, 15) is 19.5 Å². The van der Waals surface area contributed by atoms with Crippen molar-refractivity contribution >= 4 is 24.0 Å². The van der Waals surface area contributed by atoms with Gasteiger partial charge < -0.3 is 23.8 Å². The summed E-state index contributed by atoms with van der Waals surface area (Å²) in [5.74, 6) is -2.15. The van der Waals surface area contributed by atoms with Crippen LogP contribution in [0, 0.1) is 0 Å². The van der Waals surface area contributed by atoms with Gasteiger partial charge in [0, 0.05) is 22.2 Å². The number of phosphoric acid groups is 1. The maximum absolute atomic E-state index is 11.4. The molecule has 0 atom stereocenters. The minimum atomic E-state index is -4.88. The maximum Gasteiger partial charge on any atom is 0.524 e. The van der Waals surface area contributed by atoms with Crippen molar-refractivity contribution in [3.05, 3.63) is 23.8 Å². The van der Waals surface area contributed by atoms with Crippen molar-refractivity contribution in [3.8, 4) is 11.5 Å². The zero-order valence-corrected chi connectivity index (χ0v) is 21.3. The van der Waals surface area contributed by atoms with Gasteiger partial charge in [-0.05, 0) is 24.2 Å². The molecule has 0 radical (unpaired) electrons. The van der Waals surface area contributed by atoms with E-state index in [-0.39, 0.29) is 24.5 Å². The lowest BCUT2D eigenvalue weighted by Crippen LogP contribution is -2.37. The summed E-state index contributed by atoms with van der Waals surface area (Å²) < 4.78 is 32.8. The highest BCUT2D eigenvalue weighted by Gasteiger charge is 2.38. The number of phosphoric ester groups is 1. The zero-order chi connectivity index (χ0) is 22.5. The first kappa shape index (κ1) is 26.3. The van der Waals surface area contributed by atoms with Crippen LogP contribution in [0.1, 0.15) is 5.56 Å². The van der Waals surface area contributed by atoms with E-state index >= 15 is 0 Å². The van der Waals surface area contributed by atoms with Gasteiger partial charge in [-0.1, -0.05) is 39.3 Å². The number of ether oxygens (including phenoxy) is 3. The summed E-state index contributed by atoms with van der Waals surface area (Å²) in [6.07, 6.45) is 0. The normalized spacial score (nSPS) is 13.4. The second-order valence-corrected chi connectivity index (χ2v) is 21.8. The molecule has 11 heteroatoms. The molecule has 0 saturated heterocycles. The van der Waals surface area contributed by atoms with E-state index in [1.807, 2.05) is 0 Å². The molecule has 168 valence electrons. The van der Waals surface area contributed by atoms with Gasteiger partial charge in [0.15, 0.2) is 0 Å². The minimum Gasteiger partial charge on any atom is -0.497 e. The lowest BCUT2D eigenvalue weighted by Gasteiger charge is -2.31. The molecule has 0 fully saturated rings. The van der Waals surface area contributed by atoms with Gasteiger partial charge >= 0.3 is 13.8 Å². The fraction of sp³-hybridized carbons (Fsp3) is 0.667. The fourth-order valence-corrected chi connectivity index (χ4v) is 4.12. The summed E-state index contributed by atoms with van der Waals surface area (Å²) in [7, 11) is -6.36. The second-order valence-electron chi connectivity index (χ2n) is 9.34. The fourth-order valence-electron chi connectivity index (χ4n) is 2.28. The summed E-state index contributed by atoms with van der Waals surface area (Å²) in [4.78, 5) is 18.6. The molecule has 0 amide bonds. The Bertz CT molecular complexity index is 689. The molecular formula is C18H35O8PSi2. The maximum atomic E-state index is 11.4. The van der Waals surface area contributed by atoms with Crippen molar-refractivity contribution in [2.45, 2.75) is 57.3 Å². The van der Waals surface area contributed by atoms with Crippen molar-refractivity contribution in [1.82, 2.24) is 0 Å². The molecule has 0 unspecified atom stereocenters. The first-order chi connectivity index (χ1) is 13.0. The highest BCUT2D eigenvalue weighted by Crippen LogP contribution is 2.44. The Balaban J connectivity index is 3.26. The minimum absolute atomic E-state index is 0.0206. The third kappa shape index (κ3) is 10.2. The molecule has 0 bridgehead atoms. The van der Waals surface area contributed by atoms with Crippen LogP contribution < -0.4 is 9.26 Å². The lowest BCUT2D eigenvalue weighted by atomic mass is 10.1. The van der Waals surface area contributed by atoms with E-state index in [1.165, 1.54) is 25.3 Å². The number of hydrogen-bond donors (Lipinski definition) is 3. The molecule has 3 N–H and O–H groups in total. The van der Waals surface area contributed by atoms with Crippen molar-refractivity contribution in [1.29, 1.82) is 0 Å². The van der Waals surface area contributed by atoms with Gasteiger partial charge in [-0.2, -0.15) is 0 Å². The number of rotatable bonds is 12. The molecule has 29 heavy (non-hydrogen) atoms. The van der Waals surface area contributed by atoms with Crippen LogP contribution >= 0.6 is 7.82 Å². The molecule has 0 aliphatic carbocycles. The summed E-state index contributed by atoms with van der Waals surface area (Å²) in [5.41, 5.74) is -0.0206. The Morgan fingerprint density at radius 1 is 0.966 bits per heavy atom. The number of methoxy groups -OCH3 is 1. The number of aliphatic hydroxyl groups is 1. The van der Waals surface area contributed by atoms with E-state index in [1.54, 1.807) is 0 Å². The first-order valence-electron chi connectivity index (χ1n) is 9.49. The molecule has 0 aromatic heterocycles. The van der Waals surface area contributed by atoms with Crippen molar-refractivity contribution in [2.24, 2.45) is 0 Å². The van der Waals surface area contributed by atoms with Crippen LogP contribution in [0.3, 0.4) is 0 Å². The molecular weight excluding hydrogens is 431 g/mol. The van der Waals surface area contributed by atoms with Gasteiger partial charge in [0.25, 0.3) is 0 Å². The molecule has 0 spiro atoms. The molecule has 0 saturated carbocycles. The van der Waals surface area contributed by atoms with E-state index in [0.717, 1.165) is 12.1 Å². The summed E-state index contributed by atoms with van der Waals surface area (Å²) in [6.45, 7) is 13.5. The lowest BCUT2D eigenvalue weighted by molar-refractivity contribution is -0.370. The summed E-state index contributed by atoms with van der Waals surface area (Å²) in [5, 5.41) is 11.2. The van der Waals surface area contributed by atoms with Gasteiger partial charge in [0.05, 0.1) is 25.9 Å². The topological polar surface area (TPSA) is 115 Å². The average molecular weight is 467 g/mol. The van der Waals surface area contributed by atoms with E-state index < -0.39 is 29.9 Å². The third-order valence-electron chi connectivity index (χ3n) is 4.05. The Labute approximate surface area is 175 Å². The SMILES string of the molecule is COc1ccc(C(O)(OCC[Si](C)(C)C)OCC[Si](C)(C)C)c(OP(=O)(O)O)c1. The first-order valence-corrected chi connectivity index (χ1v) is 18.4. The van der Waals surface area contributed by atoms with Gasteiger partial charge in [0.1, 0.15) is 11.5 Å². The largest absolute Gasteiger partial charge is 0.524 e. The van der Waals surface area contributed by atoms with E-state index in [0.29, 0.717) is 5.75 Å². The average Bonchev–Trinajstić information content (AvgIpc) is 2.50. The van der Waals surface area contributed by atoms with Gasteiger partial charge in [-0.3, -0.25) is 9.79 Å². The van der Waals surface area contributed by atoms with Crippen molar-refractivity contribution in [2.75, 3.05) is 20.3 Å². The van der Waals surface area contributed by atoms with Crippen LogP contribution in [-0.2, 0) is 20.0 Å². The van der Waals surface area contributed by atoms with Gasteiger partial charge in [-0.15, -0.1) is 0 Å². The van der Waals surface area contributed by atoms with Crippen molar-refractivity contribution in [3.63, 3.8) is 0 Å². The molecule has 1 aromatic rings. The van der Waals surface area contributed by atoms with Crippen LogP contribution in [-0.4, -0.2) is 51.4 Å². The quantitative estimate of drug-likeness (QED) is 0.241. The van der Waals surface area contributed by atoms with Crippen LogP contribution in [0.4, 0.5) is 0 Å². The Hall–Kier alpha value is -0.716. The zero-order valence-electron chi connectivity index (χ0n) is 18.4. The molecule has 0 heterocycles. The highest BCUT2D eigenvalue weighted by molar-refractivity contribution is 7.46. The highest BCUT2D eigenvalue weighted by atomic mass is 31.2. The smallest absolute Gasteiger partial charge is 0.497 e.